The molecule has 1 atom stereocenters. The fraction of sp³-hybridized carbons (Fsp3) is 0.889. The van der Waals surface area contributed by atoms with Crippen LogP contribution in [-0.2, 0) is 14.3 Å². The van der Waals surface area contributed by atoms with Gasteiger partial charge in [-0.3, -0.25) is 9.53 Å². The van der Waals surface area contributed by atoms with E-state index < -0.39 is 37.3 Å². The fourth-order valence-corrected chi connectivity index (χ4v) is 0.928. The Morgan fingerprint density at radius 1 is 1.18 bits per heavy atom. The highest BCUT2D eigenvalue weighted by Gasteiger charge is 2.48. The van der Waals surface area contributed by atoms with Crippen LogP contribution in [0.5, 0.6) is 0 Å². The second-order valence-electron chi connectivity index (χ2n) is 3.63. The predicted molar refractivity (Wildman–Crippen MR) is 47.4 cm³/mol. The van der Waals surface area contributed by atoms with E-state index >= 15 is 0 Å². The Labute approximate surface area is 94.9 Å². The number of alkyl halides is 5. The summed E-state index contributed by atoms with van der Waals surface area (Å²) in [5.74, 6) is -6.70. The highest BCUT2D eigenvalue weighted by molar-refractivity contribution is 5.37. The molecule has 0 N–H and O–H groups in total. The quantitative estimate of drug-likeness (QED) is 0.499. The van der Waals surface area contributed by atoms with Gasteiger partial charge >= 0.3 is 6.11 Å². The van der Waals surface area contributed by atoms with Crippen LogP contribution in [0.2, 0.25) is 0 Å². The molecule has 0 rings (SSSR count). The lowest BCUT2D eigenvalue weighted by atomic mass is 10.2. The zero-order valence-electron chi connectivity index (χ0n) is 9.31. The smallest absolute Gasteiger partial charge is 0.364 e. The highest BCUT2D eigenvalue weighted by Crippen LogP contribution is 2.36. The first kappa shape index (κ1) is 16.1. The van der Waals surface area contributed by atoms with Crippen molar-refractivity contribution in [3.63, 3.8) is 0 Å². The molecule has 0 fully saturated rings. The molecule has 8 heteroatoms. The summed E-state index contributed by atoms with van der Waals surface area (Å²) in [6.45, 7) is 0.132. The fourth-order valence-electron chi connectivity index (χ4n) is 0.928. The van der Waals surface area contributed by atoms with Gasteiger partial charge in [0.05, 0.1) is 0 Å². The highest BCUT2D eigenvalue weighted by atomic mass is 19.3. The molecule has 102 valence electrons. The number of carbonyl (C=O) groups is 1. The van der Waals surface area contributed by atoms with Crippen molar-refractivity contribution in [3.8, 4) is 0 Å². The minimum absolute atomic E-state index is 0.293. The zero-order chi connectivity index (χ0) is 13.7. The van der Waals surface area contributed by atoms with Crippen molar-refractivity contribution in [3.05, 3.63) is 0 Å². The van der Waals surface area contributed by atoms with Crippen molar-refractivity contribution in [2.24, 2.45) is 0 Å². The second-order valence-corrected chi connectivity index (χ2v) is 3.63. The van der Waals surface area contributed by atoms with Crippen LogP contribution in [0.1, 0.15) is 26.7 Å². The molecule has 0 aromatic carbocycles. The molecule has 1 unspecified atom stereocenters. The third-order valence-electron chi connectivity index (χ3n) is 1.82. The normalized spacial score (nSPS) is 16.4. The summed E-state index contributed by atoms with van der Waals surface area (Å²) in [6, 6.07) is 0. The summed E-state index contributed by atoms with van der Waals surface area (Å²) in [7, 11) is 0. The summed E-state index contributed by atoms with van der Waals surface area (Å²) < 4.78 is 72.0. The Morgan fingerprint density at radius 3 is 2.12 bits per heavy atom. The topological polar surface area (TPSA) is 35.5 Å². The molecule has 0 saturated heterocycles. The predicted octanol–water partition coefficient (Wildman–Crippen LogP) is 2.89. The SMILES string of the molecule is CCC(C)(F)OC(F)(F)CC(F)(F)COC=O. The lowest BCUT2D eigenvalue weighted by Crippen LogP contribution is -2.40. The Hall–Kier alpha value is -0.920. The van der Waals surface area contributed by atoms with Gasteiger partial charge in [-0.2, -0.15) is 8.78 Å². The molecule has 0 saturated carbocycles. The van der Waals surface area contributed by atoms with Crippen molar-refractivity contribution in [1.29, 1.82) is 0 Å². The Bertz CT molecular complexity index is 255. The largest absolute Gasteiger partial charge is 0.461 e. The first-order chi connectivity index (χ1) is 7.54. The lowest BCUT2D eigenvalue weighted by Gasteiger charge is -2.28. The summed E-state index contributed by atoms with van der Waals surface area (Å²) in [6.07, 6.45) is -6.83. The summed E-state index contributed by atoms with van der Waals surface area (Å²) in [5, 5.41) is 0. The van der Waals surface area contributed by atoms with Gasteiger partial charge in [0.2, 0.25) is 5.85 Å². The number of carbonyl (C=O) groups excluding carboxylic acids is 1. The molecule has 0 bridgehead atoms. The molecular formula is C9H13F5O3. The maximum atomic E-state index is 13.1. The number of halogens is 5. The minimum atomic E-state index is -4.35. The van der Waals surface area contributed by atoms with Gasteiger partial charge in [-0.15, -0.1) is 0 Å². The molecule has 0 aliphatic rings. The second kappa shape index (κ2) is 5.61. The summed E-state index contributed by atoms with van der Waals surface area (Å²) in [4.78, 5) is 9.66. The van der Waals surface area contributed by atoms with Crippen LogP contribution in [-0.4, -0.2) is 31.0 Å². The van der Waals surface area contributed by atoms with Crippen molar-refractivity contribution in [1.82, 2.24) is 0 Å². The van der Waals surface area contributed by atoms with Gasteiger partial charge in [-0.05, 0) is 6.92 Å². The van der Waals surface area contributed by atoms with E-state index in [1.54, 1.807) is 0 Å². The van der Waals surface area contributed by atoms with Crippen molar-refractivity contribution in [2.75, 3.05) is 6.61 Å². The van der Waals surface area contributed by atoms with Gasteiger partial charge in [-0.1, -0.05) is 6.92 Å². The molecule has 3 nitrogen and oxygen atoms in total. The van der Waals surface area contributed by atoms with Gasteiger partial charge in [0.15, 0.2) is 6.61 Å². The van der Waals surface area contributed by atoms with Crippen LogP contribution in [0.15, 0.2) is 0 Å². The van der Waals surface area contributed by atoms with Gasteiger partial charge in [0, 0.05) is 6.42 Å². The van der Waals surface area contributed by atoms with Crippen molar-refractivity contribution in [2.45, 2.75) is 44.6 Å². The molecule has 0 amide bonds. The number of hydrogen-bond acceptors (Lipinski definition) is 3. The zero-order valence-corrected chi connectivity index (χ0v) is 9.31. The van der Waals surface area contributed by atoms with E-state index in [-0.39, 0.29) is 6.47 Å². The number of ether oxygens (including phenoxy) is 2. The summed E-state index contributed by atoms with van der Waals surface area (Å²) in [5.41, 5.74) is 0. The van der Waals surface area contributed by atoms with Crippen LogP contribution in [0.25, 0.3) is 0 Å². The van der Waals surface area contributed by atoms with E-state index in [9.17, 15) is 26.7 Å². The number of hydrogen-bond donors (Lipinski definition) is 0. The third kappa shape index (κ3) is 7.09. The molecule has 0 spiro atoms. The van der Waals surface area contributed by atoms with E-state index in [4.69, 9.17) is 0 Å². The molecule has 0 radical (unpaired) electrons. The first-order valence-electron chi connectivity index (χ1n) is 4.73. The van der Waals surface area contributed by atoms with Gasteiger partial charge < -0.3 is 4.74 Å². The van der Waals surface area contributed by atoms with Crippen LogP contribution in [0, 0.1) is 0 Å². The van der Waals surface area contributed by atoms with Crippen LogP contribution < -0.4 is 0 Å². The molecule has 0 aromatic heterocycles. The molecule has 0 aliphatic heterocycles. The summed E-state index contributed by atoms with van der Waals surface area (Å²) >= 11 is 0. The Balaban J connectivity index is 4.47. The van der Waals surface area contributed by atoms with E-state index in [2.05, 4.69) is 9.47 Å². The molecule has 0 aromatic rings. The molecule has 0 heterocycles. The first-order valence-corrected chi connectivity index (χ1v) is 4.73. The van der Waals surface area contributed by atoms with E-state index in [0.29, 0.717) is 6.92 Å². The van der Waals surface area contributed by atoms with Crippen molar-refractivity contribution >= 4 is 6.47 Å². The average molecular weight is 264 g/mol. The van der Waals surface area contributed by atoms with E-state index in [1.807, 2.05) is 0 Å². The molecule has 0 aliphatic carbocycles. The van der Waals surface area contributed by atoms with Crippen LogP contribution in [0.3, 0.4) is 0 Å². The monoisotopic (exact) mass is 264 g/mol. The minimum Gasteiger partial charge on any atom is -0.461 e. The number of rotatable bonds is 8. The Morgan fingerprint density at radius 2 is 1.71 bits per heavy atom. The maximum absolute atomic E-state index is 13.1. The third-order valence-corrected chi connectivity index (χ3v) is 1.82. The molecular weight excluding hydrogens is 251 g/mol. The average Bonchev–Trinajstić information content (AvgIpc) is 2.11. The van der Waals surface area contributed by atoms with Gasteiger partial charge in [0.1, 0.15) is 6.42 Å². The van der Waals surface area contributed by atoms with E-state index in [0.717, 1.165) is 0 Å². The van der Waals surface area contributed by atoms with E-state index in [1.165, 1.54) is 6.92 Å². The van der Waals surface area contributed by atoms with Crippen LogP contribution >= 0.6 is 0 Å². The van der Waals surface area contributed by atoms with Gasteiger partial charge in [0.25, 0.3) is 12.4 Å². The van der Waals surface area contributed by atoms with Crippen LogP contribution in [0.4, 0.5) is 22.0 Å². The lowest BCUT2D eigenvalue weighted by molar-refractivity contribution is -0.345. The maximum Gasteiger partial charge on any atom is 0.364 e. The van der Waals surface area contributed by atoms with Crippen molar-refractivity contribution < 1.29 is 36.2 Å². The molecule has 17 heavy (non-hydrogen) atoms. The Kier molecular flexibility index (Phi) is 5.31. The standard InChI is InChI=1S/C9H13F5O3/c1-3-7(2,10)17-9(13,14)4-8(11,12)5-16-6-15/h6H,3-5H2,1-2H3. The van der Waals surface area contributed by atoms with Gasteiger partial charge in [-0.25, -0.2) is 13.2 Å².